The normalized spacial score (nSPS) is 18.0. The Morgan fingerprint density at radius 1 is 1.35 bits per heavy atom. The lowest BCUT2D eigenvalue weighted by molar-refractivity contribution is -0.141. The van der Waals surface area contributed by atoms with E-state index in [0.717, 1.165) is 5.56 Å². The number of hydrogen-bond donors (Lipinski definition) is 2. The first kappa shape index (κ1) is 18.5. The number of hydrogen-bond acceptors (Lipinski definition) is 3. The Hall–Kier alpha value is -2.25. The van der Waals surface area contributed by atoms with E-state index in [4.69, 9.17) is 28.3 Å². The number of carbonyl (C=O) groups is 2. The molecule has 7 nitrogen and oxygen atoms in total. The molecular formula is C17H18Cl2N4O3. The molecule has 1 aliphatic rings. The summed E-state index contributed by atoms with van der Waals surface area (Å²) in [4.78, 5) is 25.0. The van der Waals surface area contributed by atoms with Crippen molar-refractivity contribution in [3.8, 4) is 0 Å². The second-order valence-corrected chi connectivity index (χ2v) is 7.05. The predicted octanol–water partition coefficient (Wildman–Crippen LogP) is 3.74. The van der Waals surface area contributed by atoms with E-state index >= 15 is 0 Å². The van der Waals surface area contributed by atoms with Crippen LogP contribution >= 0.6 is 23.2 Å². The number of aromatic nitrogens is 2. The van der Waals surface area contributed by atoms with E-state index in [-0.39, 0.29) is 18.6 Å². The van der Waals surface area contributed by atoms with Gasteiger partial charge in [0.2, 0.25) is 0 Å². The number of carboxylic acids is 1. The fourth-order valence-corrected chi connectivity index (χ4v) is 3.48. The molecule has 2 atom stereocenters. The van der Waals surface area contributed by atoms with E-state index in [2.05, 4.69) is 10.4 Å². The first-order valence-corrected chi connectivity index (χ1v) is 8.89. The molecule has 0 spiro atoms. The van der Waals surface area contributed by atoms with Gasteiger partial charge >= 0.3 is 12.0 Å². The first-order chi connectivity index (χ1) is 12.4. The highest BCUT2D eigenvalue weighted by Gasteiger charge is 2.31. The Kier molecular flexibility index (Phi) is 5.38. The summed E-state index contributed by atoms with van der Waals surface area (Å²) in [6, 6.07) is 6.26. The molecule has 1 saturated heterocycles. The lowest BCUT2D eigenvalue weighted by Gasteiger charge is -2.20. The van der Waals surface area contributed by atoms with Crippen molar-refractivity contribution in [3.05, 3.63) is 46.1 Å². The van der Waals surface area contributed by atoms with E-state index in [9.17, 15) is 9.59 Å². The molecule has 2 N–H and O–H groups in total. The van der Waals surface area contributed by atoms with Gasteiger partial charge in [-0.15, -0.1) is 0 Å². The summed E-state index contributed by atoms with van der Waals surface area (Å²) < 4.78 is 1.64. The number of carbonyl (C=O) groups excluding carboxylic acids is 1. The zero-order valence-electron chi connectivity index (χ0n) is 14.0. The van der Waals surface area contributed by atoms with Crippen LogP contribution in [0.5, 0.6) is 0 Å². The number of halogens is 2. The van der Waals surface area contributed by atoms with Crippen LogP contribution in [0, 0.1) is 5.92 Å². The molecule has 3 rings (SSSR count). The van der Waals surface area contributed by atoms with Gasteiger partial charge in [-0.05, 0) is 37.1 Å². The van der Waals surface area contributed by atoms with E-state index in [1.807, 2.05) is 6.92 Å². The van der Waals surface area contributed by atoms with Crippen LogP contribution < -0.4 is 5.32 Å². The fourth-order valence-electron chi connectivity index (χ4n) is 3.02. The molecule has 2 amide bonds. The summed E-state index contributed by atoms with van der Waals surface area (Å²) in [5, 5.41) is 17.2. The van der Waals surface area contributed by atoms with E-state index in [1.54, 1.807) is 35.1 Å². The summed E-state index contributed by atoms with van der Waals surface area (Å²) in [6.45, 7) is 2.51. The lowest BCUT2D eigenvalue weighted by Crippen LogP contribution is -2.34. The molecule has 1 aliphatic heterocycles. The Morgan fingerprint density at radius 2 is 2.12 bits per heavy atom. The topological polar surface area (TPSA) is 87.5 Å². The maximum atomic E-state index is 12.4. The number of amides is 2. The number of nitrogens with one attached hydrogen (secondary N) is 1. The predicted molar refractivity (Wildman–Crippen MR) is 98.8 cm³/mol. The number of benzene rings is 1. The van der Waals surface area contributed by atoms with Gasteiger partial charge in [-0.3, -0.25) is 10.1 Å². The fraction of sp³-hybridized carbons (Fsp3) is 0.353. The third kappa shape index (κ3) is 3.78. The largest absolute Gasteiger partial charge is 0.481 e. The molecule has 0 radical (unpaired) electrons. The molecule has 2 heterocycles. The molecule has 1 aromatic heterocycles. The zero-order valence-corrected chi connectivity index (χ0v) is 15.5. The average molecular weight is 397 g/mol. The Morgan fingerprint density at radius 3 is 2.81 bits per heavy atom. The van der Waals surface area contributed by atoms with Gasteiger partial charge in [0.1, 0.15) is 5.82 Å². The van der Waals surface area contributed by atoms with E-state index < -0.39 is 11.9 Å². The standard InChI is InChI=1S/C17H18Cl2N4O3/c1-10(13-8-12(18)2-3-14(13)19)23-15(4-6-20-23)21-17(26)22-7-5-11(9-22)16(24)25/h2-4,6,8,10-11H,5,7,9H2,1H3,(H,21,26)(H,24,25). The first-order valence-electron chi connectivity index (χ1n) is 8.14. The number of nitrogens with zero attached hydrogens (tertiary/aromatic N) is 3. The average Bonchev–Trinajstić information content (AvgIpc) is 3.25. The number of anilines is 1. The van der Waals surface area contributed by atoms with E-state index in [1.165, 1.54) is 4.90 Å². The molecular weight excluding hydrogens is 379 g/mol. The molecule has 26 heavy (non-hydrogen) atoms. The van der Waals surface area contributed by atoms with Crippen LogP contribution in [-0.4, -0.2) is 44.9 Å². The SMILES string of the molecule is CC(c1cc(Cl)ccc1Cl)n1nccc1NC(=O)N1CCC(C(=O)O)C1. The highest BCUT2D eigenvalue weighted by Crippen LogP contribution is 2.30. The second kappa shape index (κ2) is 7.55. The maximum Gasteiger partial charge on any atom is 0.323 e. The van der Waals surface area contributed by atoms with Crippen molar-refractivity contribution in [2.24, 2.45) is 5.92 Å². The minimum Gasteiger partial charge on any atom is -0.481 e. The van der Waals surface area contributed by atoms with Gasteiger partial charge in [0.15, 0.2) is 0 Å². The number of likely N-dealkylation sites (tertiary alicyclic amines) is 1. The molecule has 0 aliphatic carbocycles. The molecule has 138 valence electrons. The van der Waals surface area contributed by atoms with E-state index in [0.29, 0.717) is 28.8 Å². The van der Waals surface area contributed by atoms with Gasteiger partial charge in [0.05, 0.1) is 18.2 Å². The summed E-state index contributed by atoms with van der Waals surface area (Å²) in [6.07, 6.45) is 2.03. The lowest BCUT2D eigenvalue weighted by atomic mass is 10.1. The minimum atomic E-state index is -0.880. The third-order valence-corrected chi connectivity index (χ3v) is 5.08. The highest BCUT2D eigenvalue weighted by molar-refractivity contribution is 6.33. The molecule has 0 saturated carbocycles. The van der Waals surface area contributed by atoms with Gasteiger partial charge in [-0.2, -0.15) is 5.10 Å². The number of urea groups is 1. The van der Waals surface area contributed by atoms with Crippen LogP contribution in [0.15, 0.2) is 30.5 Å². The highest BCUT2D eigenvalue weighted by atomic mass is 35.5. The summed E-state index contributed by atoms with van der Waals surface area (Å²) in [5.74, 6) is -0.901. The summed E-state index contributed by atoms with van der Waals surface area (Å²) in [7, 11) is 0. The van der Waals surface area contributed by atoms with Crippen molar-refractivity contribution >= 4 is 41.0 Å². The van der Waals surface area contributed by atoms with Crippen LogP contribution in [0.25, 0.3) is 0 Å². The minimum absolute atomic E-state index is 0.199. The summed E-state index contributed by atoms with van der Waals surface area (Å²) in [5.41, 5.74) is 0.783. The monoisotopic (exact) mass is 396 g/mol. The van der Waals surface area contributed by atoms with Gasteiger partial charge in [0, 0.05) is 29.2 Å². The van der Waals surface area contributed by atoms with Crippen molar-refractivity contribution in [1.82, 2.24) is 14.7 Å². The van der Waals surface area contributed by atoms with Crippen molar-refractivity contribution in [2.75, 3.05) is 18.4 Å². The van der Waals surface area contributed by atoms with Gasteiger partial charge in [0.25, 0.3) is 0 Å². The summed E-state index contributed by atoms with van der Waals surface area (Å²) >= 11 is 12.3. The van der Waals surface area contributed by atoms with Crippen molar-refractivity contribution in [1.29, 1.82) is 0 Å². The van der Waals surface area contributed by atoms with Crippen LogP contribution in [0.4, 0.5) is 10.6 Å². The Bertz CT molecular complexity index is 839. The molecule has 1 aromatic carbocycles. The number of rotatable bonds is 4. The van der Waals surface area contributed by atoms with Crippen LogP contribution in [-0.2, 0) is 4.79 Å². The van der Waals surface area contributed by atoms with Crippen LogP contribution in [0.2, 0.25) is 10.0 Å². The smallest absolute Gasteiger partial charge is 0.323 e. The van der Waals surface area contributed by atoms with Crippen LogP contribution in [0.1, 0.15) is 24.9 Å². The number of carboxylic acid groups (broad SMARTS) is 1. The molecule has 2 aromatic rings. The van der Waals surface area contributed by atoms with Crippen LogP contribution in [0.3, 0.4) is 0 Å². The second-order valence-electron chi connectivity index (χ2n) is 6.20. The zero-order chi connectivity index (χ0) is 18.8. The quantitative estimate of drug-likeness (QED) is 0.823. The van der Waals surface area contributed by atoms with Crippen molar-refractivity contribution in [2.45, 2.75) is 19.4 Å². The van der Waals surface area contributed by atoms with Crippen molar-refractivity contribution in [3.63, 3.8) is 0 Å². The van der Waals surface area contributed by atoms with Gasteiger partial charge < -0.3 is 10.0 Å². The van der Waals surface area contributed by atoms with Gasteiger partial charge in [-0.25, -0.2) is 9.48 Å². The Balaban J connectivity index is 1.75. The molecule has 9 heteroatoms. The molecule has 0 bridgehead atoms. The molecule has 2 unspecified atom stereocenters. The number of aliphatic carboxylic acids is 1. The third-order valence-electron chi connectivity index (χ3n) is 4.50. The maximum absolute atomic E-state index is 12.4. The Labute approximate surface area is 160 Å². The van der Waals surface area contributed by atoms with Crippen molar-refractivity contribution < 1.29 is 14.7 Å². The van der Waals surface area contributed by atoms with Gasteiger partial charge in [-0.1, -0.05) is 23.2 Å². The molecule has 1 fully saturated rings.